The first-order valence-corrected chi connectivity index (χ1v) is 8.58. The molecule has 0 aromatic heterocycles. The molecule has 0 aromatic rings. The maximum atomic E-state index is 12.8. The molecule has 4 nitrogen and oxygen atoms in total. The summed E-state index contributed by atoms with van der Waals surface area (Å²) in [6.45, 7) is 14.3. The molecule has 3 atom stereocenters. The van der Waals surface area contributed by atoms with Crippen LogP contribution >= 0.6 is 0 Å². The number of carbonyl (C=O) groups is 1. The monoisotopic (exact) mass is 298 g/mol. The van der Waals surface area contributed by atoms with Crippen LogP contribution in [0.4, 0.5) is 0 Å². The Morgan fingerprint density at radius 3 is 2.38 bits per heavy atom. The molecule has 0 spiro atoms. The number of hydrogen-bond donors (Lipinski definition) is 1. The maximum absolute atomic E-state index is 12.8. The van der Waals surface area contributed by atoms with Crippen molar-refractivity contribution in [2.24, 2.45) is 11.8 Å². The Hall–Kier alpha value is -0.610. The molecule has 1 aliphatic heterocycles. The van der Waals surface area contributed by atoms with Crippen molar-refractivity contribution in [1.82, 2.24) is 10.2 Å². The Morgan fingerprint density at radius 2 is 1.90 bits per heavy atom. The van der Waals surface area contributed by atoms with E-state index in [4.69, 9.17) is 4.74 Å². The Bertz CT molecular complexity index is 318. The predicted octanol–water partition coefficient (Wildman–Crippen LogP) is 3.02. The second-order valence-electron chi connectivity index (χ2n) is 6.87. The number of hydrogen-bond acceptors (Lipinski definition) is 3. The molecule has 0 saturated carbocycles. The molecular formula is C17H34N2O2. The van der Waals surface area contributed by atoms with Gasteiger partial charge in [-0.15, -0.1) is 0 Å². The number of amides is 1. The Kier molecular flexibility index (Phi) is 7.67. The van der Waals surface area contributed by atoms with Crippen molar-refractivity contribution in [1.29, 1.82) is 0 Å². The molecule has 1 saturated heterocycles. The van der Waals surface area contributed by atoms with Crippen molar-refractivity contribution in [2.75, 3.05) is 13.2 Å². The Labute approximate surface area is 130 Å². The van der Waals surface area contributed by atoms with Crippen LogP contribution in [0.1, 0.15) is 60.8 Å². The van der Waals surface area contributed by atoms with Gasteiger partial charge in [-0.3, -0.25) is 10.1 Å². The minimum absolute atomic E-state index is 0.0124. The lowest BCUT2D eigenvalue weighted by Crippen LogP contribution is -2.49. The van der Waals surface area contributed by atoms with Crippen molar-refractivity contribution in [3.63, 3.8) is 0 Å². The molecule has 0 aliphatic carbocycles. The topological polar surface area (TPSA) is 41.6 Å². The number of nitrogens with one attached hydrogen (secondary N) is 1. The summed E-state index contributed by atoms with van der Waals surface area (Å²) in [7, 11) is 0. The SMILES string of the molecule is CCCC1NC(CC(C)C)N(C(COCC)C(C)C)C1=O. The first kappa shape index (κ1) is 18.4. The van der Waals surface area contributed by atoms with Gasteiger partial charge in [-0.2, -0.15) is 0 Å². The molecule has 1 rings (SSSR count). The van der Waals surface area contributed by atoms with Gasteiger partial charge in [0.2, 0.25) is 5.91 Å². The number of carbonyl (C=O) groups excluding carboxylic acids is 1. The van der Waals surface area contributed by atoms with Gasteiger partial charge in [0.05, 0.1) is 24.9 Å². The lowest BCUT2D eigenvalue weighted by molar-refractivity contribution is -0.135. The molecular weight excluding hydrogens is 264 g/mol. The van der Waals surface area contributed by atoms with Crippen LogP contribution in [0.5, 0.6) is 0 Å². The van der Waals surface area contributed by atoms with Gasteiger partial charge in [-0.05, 0) is 31.6 Å². The smallest absolute Gasteiger partial charge is 0.241 e. The zero-order chi connectivity index (χ0) is 16.0. The average molecular weight is 298 g/mol. The second kappa shape index (κ2) is 8.74. The second-order valence-corrected chi connectivity index (χ2v) is 6.87. The minimum atomic E-state index is -0.0124. The highest BCUT2D eigenvalue weighted by Crippen LogP contribution is 2.25. The summed E-state index contributed by atoms with van der Waals surface area (Å²) in [6.07, 6.45) is 3.11. The summed E-state index contributed by atoms with van der Waals surface area (Å²) < 4.78 is 5.64. The first-order valence-electron chi connectivity index (χ1n) is 8.58. The van der Waals surface area contributed by atoms with E-state index in [1.165, 1.54) is 0 Å². The van der Waals surface area contributed by atoms with Crippen molar-refractivity contribution in [3.8, 4) is 0 Å². The quantitative estimate of drug-likeness (QED) is 0.711. The van der Waals surface area contributed by atoms with Gasteiger partial charge >= 0.3 is 0 Å². The molecule has 1 fully saturated rings. The Balaban J connectivity index is 2.90. The fourth-order valence-electron chi connectivity index (χ4n) is 3.07. The molecule has 1 aliphatic rings. The molecule has 0 bridgehead atoms. The van der Waals surface area contributed by atoms with E-state index in [1.54, 1.807) is 0 Å². The highest BCUT2D eigenvalue weighted by atomic mass is 16.5. The summed E-state index contributed by atoms with van der Waals surface area (Å²) in [6, 6.07) is 0.150. The summed E-state index contributed by atoms with van der Waals surface area (Å²) in [5, 5.41) is 3.56. The lowest BCUT2D eigenvalue weighted by atomic mass is 10.0. The normalized spacial score (nSPS) is 24.4. The van der Waals surface area contributed by atoms with Crippen LogP contribution in [0, 0.1) is 11.8 Å². The van der Waals surface area contributed by atoms with Crippen LogP contribution in [0.3, 0.4) is 0 Å². The van der Waals surface area contributed by atoms with E-state index in [1.807, 2.05) is 6.92 Å². The highest BCUT2D eigenvalue weighted by molar-refractivity contribution is 5.84. The molecule has 1 N–H and O–H groups in total. The van der Waals surface area contributed by atoms with E-state index >= 15 is 0 Å². The maximum Gasteiger partial charge on any atom is 0.241 e. The van der Waals surface area contributed by atoms with Gasteiger partial charge in [-0.1, -0.05) is 41.0 Å². The van der Waals surface area contributed by atoms with Gasteiger partial charge in [0.1, 0.15) is 0 Å². The Morgan fingerprint density at radius 1 is 1.24 bits per heavy atom. The molecule has 1 amide bonds. The highest BCUT2D eigenvalue weighted by Gasteiger charge is 2.42. The molecule has 3 unspecified atom stereocenters. The third-order valence-corrected chi connectivity index (χ3v) is 4.17. The first-order chi connectivity index (χ1) is 9.92. The van der Waals surface area contributed by atoms with Gasteiger partial charge in [0.25, 0.3) is 0 Å². The van der Waals surface area contributed by atoms with Gasteiger partial charge in [0.15, 0.2) is 0 Å². The number of rotatable bonds is 9. The number of nitrogens with zero attached hydrogens (tertiary/aromatic N) is 1. The molecule has 4 heteroatoms. The fraction of sp³-hybridized carbons (Fsp3) is 0.941. The fourth-order valence-corrected chi connectivity index (χ4v) is 3.07. The van der Waals surface area contributed by atoms with E-state index in [2.05, 4.69) is 44.8 Å². The third-order valence-electron chi connectivity index (χ3n) is 4.17. The molecule has 21 heavy (non-hydrogen) atoms. The molecule has 0 aromatic carbocycles. The van der Waals surface area contributed by atoms with Crippen LogP contribution < -0.4 is 5.32 Å². The summed E-state index contributed by atoms with van der Waals surface area (Å²) in [5.41, 5.74) is 0. The zero-order valence-corrected chi connectivity index (χ0v) is 14.7. The average Bonchev–Trinajstić information content (AvgIpc) is 2.67. The van der Waals surface area contributed by atoms with Crippen LogP contribution in [0.25, 0.3) is 0 Å². The lowest BCUT2D eigenvalue weighted by Gasteiger charge is -2.35. The molecule has 124 valence electrons. The summed E-state index contributed by atoms with van der Waals surface area (Å²) in [4.78, 5) is 14.9. The van der Waals surface area contributed by atoms with Crippen LogP contribution in [-0.4, -0.2) is 42.3 Å². The van der Waals surface area contributed by atoms with Crippen LogP contribution in [0.15, 0.2) is 0 Å². The van der Waals surface area contributed by atoms with Crippen molar-refractivity contribution < 1.29 is 9.53 Å². The third kappa shape index (κ3) is 4.96. The minimum Gasteiger partial charge on any atom is -0.380 e. The van der Waals surface area contributed by atoms with E-state index in [0.717, 1.165) is 19.3 Å². The van der Waals surface area contributed by atoms with Crippen molar-refractivity contribution >= 4 is 5.91 Å². The standard InChI is InChI=1S/C17H34N2O2/c1-7-9-14-17(20)19(16(18-14)10-12(3)4)15(13(5)6)11-21-8-2/h12-16,18H,7-11H2,1-6H3. The molecule has 0 radical (unpaired) electrons. The van der Waals surface area contributed by atoms with Gasteiger partial charge < -0.3 is 9.64 Å². The van der Waals surface area contributed by atoms with Crippen LogP contribution in [0.2, 0.25) is 0 Å². The van der Waals surface area contributed by atoms with Gasteiger partial charge in [0, 0.05) is 6.61 Å². The number of ether oxygens (including phenoxy) is 1. The summed E-state index contributed by atoms with van der Waals surface area (Å²) in [5.74, 6) is 1.23. The van der Waals surface area contributed by atoms with E-state index in [-0.39, 0.29) is 24.2 Å². The van der Waals surface area contributed by atoms with E-state index in [0.29, 0.717) is 25.0 Å². The van der Waals surface area contributed by atoms with E-state index < -0.39 is 0 Å². The van der Waals surface area contributed by atoms with Crippen molar-refractivity contribution in [3.05, 3.63) is 0 Å². The molecule has 1 heterocycles. The van der Waals surface area contributed by atoms with E-state index in [9.17, 15) is 4.79 Å². The van der Waals surface area contributed by atoms with Crippen LogP contribution in [-0.2, 0) is 9.53 Å². The largest absolute Gasteiger partial charge is 0.380 e. The van der Waals surface area contributed by atoms with Gasteiger partial charge in [-0.25, -0.2) is 0 Å². The van der Waals surface area contributed by atoms with Crippen molar-refractivity contribution in [2.45, 2.75) is 79.1 Å². The predicted molar refractivity (Wildman–Crippen MR) is 87.0 cm³/mol. The summed E-state index contributed by atoms with van der Waals surface area (Å²) >= 11 is 0. The zero-order valence-electron chi connectivity index (χ0n) is 14.7.